The van der Waals surface area contributed by atoms with Crippen molar-refractivity contribution in [3.05, 3.63) is 91.0 Å². The number of carbonyl (C=O) groups excluding carboxylic acids is 1. The van der Waals surface area contributed by atoms with Crippen LogP contribution in [0.1, 0.15) is 0 Å². The fourth-order valence-corrected chi connectivity index (χ4v) is 3.95. The van der Waals surface area contributed by atoms with E-state index in [4.69, 9.17) is 18.0 Å². The fraction of sp³-hybridized carbons (Fsp3) is 0.0435. The molecule has 3 aromatic carbocycles. The van der Waals surface area contributed by atoms with E-state index >= 15 is 0 Å². The maximum absolute atomic E-state index is 12.7. The number of nitrogens with zero attached hydrogens (tertiary/aromatic N) is 4. The number of carbonyl (C=O) groups is 1. The lowest BCUT2D eigenvalue weighted by molar-refractivity contribution is -0.118. The number of nitrogens with two attached hydrogens (primary N) is 1. The number of benzene rings is 3. The third kappa shape index (κ3) is 4.96. The molecule has 1 aromatic heterocycles. The standard InChI is InChI=1S/C23H20N6OS2/c24-22(31)29(19-14-8-3-9-15-19)27-20(30)16-32-23-26-25-21(17-10-4-1-5-11-17)28(23)18-12-6-2-7-13-18/h1-15H,16H2,(H2,24,31)(H,27,30). The van der Waals surface area contributed by atoms with Crippen molar-refractivity contribution in [2.45, 2.75) is 5.16 Å². The van der Waals surface area contributed by atoms with E-state index in [1.54, 1.807) is 0 Å². The van der Waals surface area contributed by atoms with E-state index in [1.165, 1.54) is 16.8 Å². The molecule has 4 rings (SSSR count). The van der Waals surface area contributed by atoms with Crippen LogP contribution in [0.4, 0.5) is 5.69 Å². The molecule has 7 nitrogen and oxygen atoms in total. The molecule has 1 heterocycles. The molecule has 0 atom stereocenters. The first-order valence-corrected chi connectivity index (χ1v) is 11.2. The van der Waals surface area contributed by atoms with Crippen molar-refractivity contribution >= 4 is 40.7 Å². The van der Waals surface area contributed by atoms with Crippen molar-refractivity contribution in [3.8, 4) is 17.1 Å². The Morgan fingerprint density at radius 1 is 0.938 bits per heavy atom. The highest BCUT2D eigenvalue weighted by atomic mass is 32.2. The quantitative estimate of drug-likeness (QED) is 0.257. The van der Waals surface area contributed by atoms with E-state index in [0.29, 0.717) is 16.7 Å². The summed E-state index contributed by atoms with van der Waals surface area (Å²) in [6.07, 6.45) is 0. The number of amides is 1. The SMILES string of the molecule is NC(=S)N(NC(=O)CSc1nnc(-c2ccccc2)n1-c1ccccc1)c1ccccc1. The smallest absolute Gasteiger partial charge is 0.249 e. The number of hydrogen-bond donors (Lipinski definition) is 2. The van der Waals surface area contributed by atoms with Crippen molar-refractivity contribution in [1.82, 2.24) is 20.2 Å². The molecule has 0 aliphatic rings. The van der Waals surface area contributed by atoms with Gasteiger partial charge < -0.3 is 5.73 Å². The number of anilines is 1. The molecule has 0 saturated heterocycles. The van der Waals surface area contributed by atoms with Gasteiger partial charge >= 0.3 is 0 Å². The summed E-state index contributed by atoms with van der Waals surface area (Å²) in [4.78, 5) is 12.7. The van der Waals surface area contributed by atoms with Crippen LogP contribution < -0.4 is 16.2 Å². The largest absolute Gasteiger partial charge is 0.374 e. The molecule has 32 heavy (non-hydrogen) atoms. The summed E-state index contributed by atoms with van der Waals surface area (Å²) < 4.78 is 1.94. The number of thiocarbonyl (C=S) groups is 1. The van der Waals surface area contributed by atoms with Gasteiger partial charge in [0.25, 0.3) is 0 Å². The number of aromatic nitrogens is 3. The van der Waals surface area contributed by atoms with Crippen molar-refractivity contribution in [3.63, 3.8) is 0 Å². The van der Waals surface area contributed by atoms with Crippen LogP contribution in [0.5, 0.6) is 0 Å². The minimum Gasteiger partial charge on any atom is -0.374 e. The highest BCUT2D eigenvalue weighted by Crippen LogP contribution is 2.27. The molecule has 3 N–H and O–H groups in total. The summed E-state index contributed by atoms with van der Waals surface area (Å²) in [5.41, 5.74) is 11.1. The molecular formula is C23H20N6OS2. The average molecular weight is 461 g/mol. The number of hydrazine groups is 1. The Morgan fingerprint density at radius 3 is 2.16 bits per heavy atom. The lowest BCUT2D eigenvalue weighted by atomic mass is 10.2. The Balaban J connectivity index is 1.55. The second-order valence-electron chi connectivity index (χ2n) is 6.68. The highest BCUT2D eigenvalue weighted by molar-refractivity contribution is 7.99. The summed E-state index contributed by atoms with van der Waals surface area (Å²) in [6, 6.07) is 28.8. The van der Waals surface area contributed by atoms with Gasteiger partial charge in [-0.2, -0.15) is 0 Å². The second-order valence-corrected chi connectivity index (χ2v) is 8.04. The third-order valence-corrected chi connectivity index (χ3v) is 5.59. The predicted molar refractivity (Wildman–Crippen MR) is 131 cm³/mol. The molecular weight excluding hydrogens is 440 g/mol. The van der Waals surface area contributed by atoms with E-state index in [0.717, 1.165) is 11.3 Å². The zero-order chi connectivity index (χ0) is 22.3. The molecule has 0 saturated carbocycles. The van der Waals surface area contributed by atoms with Gasteiger partial charge in [-0.3, -0.25) is 14.8 Å². The van der Waals surface area contributed by atoms with Gasteiger partial charge in [-0.25, -0.2) is 5.01 Å². The molecule has 0 aliphatic heterocycles. The second kappa shape index (κ2) is 10.1. The fourth-order valence-electron chi connectivity index (χ4n) is 3.06. The van der Waals surface area contributed by atoms with Gasteiger partial charge in [0.05, 0.1) is 11.4 Å². The van der Waals surface area contributed by atoms with E-state index < -0.39 is 0 Å². The molecule has 0 fully saturated rings. The average Bonchev–Trinajstić information content (AvgIpc) is 3.27. The summed E-state index contributed by atoms with van der Waals surface area (Å²) >= 11 is 6.37. The number of rotatable bonds is 6. The molecule has 160 valence electrons. The Labute approximate surface area is 195 Å². The lowest BCUT2D eigenvalue weighted by Gasteiger charge is -2.23. The Morgan fingerprint density at radius 2 is 1.53 bits per heavy atom. The summed E-state index contributed by atoms with van der Waals surface area (Å²) in [5, 5.41) is 10.8. The van der Waals surface area contributed by atoms with Crippen LogP contribution in [0.25, 0.3) is 17.1 Å². The van der Waals surface area contributed by atoms with E-state index in [1.807, 2.05) is 95.6 Å². The first-order valence-electron chi connectivity index (χ1n) is 9.76. The zero-order valence-corrected chi connectivity index (χ0v) is 18.6. The zero-order valence-electron chi connectivity index (χ0n) is 17.0. The normalized spacial score (nSPS) is 10.5. The van der Waals surface area contributed by atoms with Crippen molar-refractivity contribution in [2.24, 2.45) is 5.73 Å². The van der Waals surface area contributed by atoms with Crippen LogP contribution in [0, 0.1) is 0 Å². The molecule has 0 unspecified atom stereocenters. The first-order chi connectivity index (χ1) is 15.6. The number of nitrogens with one attached hydrogen (secondary N) is 1. The summed E-state index contributed by atoms with van der Waals surface area (Å²) in [7, 11) is 0. The van der Waals surface area contributed by atoms with Gasteiger partial charge in [0.2, 0.25) is 5.91 Å². The van der Waals surface area contributed by atoms with E-state index in [9.17, 15) is 4.79 Å². The van der Waals surface area contributed by atoms with Crippen LogP contribution in [-0.4, -0.2) is 31.5 Å². The van der Waals surface area contributed by atoms with Crippen molar-refractivity contribution < 1.29 is 4.79 Å². The molecule has 4 aromatic rings. The highest BCUT2D eigenvalue weighted by Gasteiger charge is 2.18. The Kier molecular flexibility index (Phi) is 6.78. The summed E-state index contributed by atoms with van der Waals surface area (Å²) in [6.45, 7) is 0. The number of thioether (sulfide) groups is 1. The molecule has 1 amide bonds. The van der Waals surface area contributed by atoms with Crippen LogP contribution in [-0.2, 0) is 4.79 Å². The van der Waals surface area contributed by atoms with Crippen LogP contribution >= 0.6 is 24.0 Å². The lowest BCUT2D eigenvalue weighted by Crippen LogP contribution is -2.49. The van der Waals surface area contributed by atoms with Gasteiger partial charge in [0.15, 0.2) is 16.1 Å². The Bertz CT molecular complexity index is 1200. The van der Waals surface area contributed by atoms with Gasteiger partial charge in [-0.15, -0.1) is 10.2 Å². The minimum atomic E-state index is -0.268. The topological polar surface area (TPSA) is 89.1 Å². The maximum atomic E-state index is 12.7. The van der Waals surface area contributed by atoms with Crippen molar-refractivity contribution in [1.29, 1.82) is 0 Å². The molecule has 0 bridgehead atoms. The molecule has 0 radical (unpaired) electrons. The molecule has 0 spiro atoms. The number of para-hydroxylation sites is 2. The number of hydrogen-bond acceptors (Lipinski definition) is 5. The van der Waals surface area contributed by atoms with Gasteiger partial charge in [0.1, 0.15) is 0 Å². The van der Waals surface area contributed by atoms with Crippen molar-refractivity contribution in [2.75, 3.05) is 10.8 Å². The molecule has 0 aliphatic carbocycles. The van der Waals surface area contributed by atoms with Gasteiger partial charge in [-0.1, -0.05) is 78.5 Å². The van der Waals surface area contributed by atoms with E-state index in [-0.39, 0.29) is 16.8 Å². The van der Waals surface area contributed by atoms with Gasteiger partial charge in [-0.05, 0) is 36.5 Å². The van der Waals surface area contributed by atoms with E-state index in [2.05, 4.69) is 15.6 Å². The van der Waals surface area contributed by atoms with Gasteiger partial charge in [0, 0.05) is 11.3 Å². The maximum Gasteiger partial charge on any atom is 0.249 e. The third-order valence-electron chi connectivity index (χ3n) is 4.48. The van der Waals surface area contributed by atoms with Crippen LogP contribution in [0.15, 0.2) is 96.2 Å². The minimum absolute atomic E-state index is 0.0494. The predicted octanol–water partition coefficient (Wildman–Crippen LogP) is 3.81. The summed E-state index contributed by atoms with van der Waals surface area (Å²) in [5.74, 6) is 0.537. The first kappa shape index (κ1) is 21.5. The monoisotopic (exact) mass is 460 g/mol. The van der Waals surface area contributed by atoms with Crippen LogP contribution in [0.2, 0.25) is 0 Å². The Hall–Kier alpha value is -3.69. The molecule has 9 heteroatoms. The van der Waals surface area contributed by atoms with Crippen LogP contribution in [0.3, 0.4) is 0 Å².